The Labute approximate surface area is 353 Å². The summed E-state index contributed by atoms with van der Waals surface area (Å²) in [5.74, 6) is -6.09. The standard InChI is InChI=1S/C40H58O21/c1-12-14-46-16-24-27(49-19(3)41)30(50-20(4)42)34(53-23(7)45)37(55-24)57-28-25(17-47-15-13-2)54-36(33(52-22(6)44)31(28)51-21(5)43)48-18-26-29-32(59-39(8,9)58-29)35-38(56-26)61-40(10,11)60-35/h12-13,24-38H,1-2,14-18H2,3-11H3/t24-,25-,26-,27-,28-,29+,30+,31+,32+,33-,34-,35-,36-,37-,38-/m1/s1. The Kier molecular flexibility index (Phi) is 16.4. The van der Waals surface area contributed by atoms with Crippen molar-refractivity contribution in [3.05, 3.63) is 25.3 Å². The molecule has 5 saturated heterocycles. The summed E-state index contributed by atoms with van der Waals surface area (Å²) in [5.41, 5.74) is 0. The average molecular weight is 875 g/mol. The van der Waals surface area contributed by atoms with Crippen molar-refractivity contribution in [3.8, 4) is 0 Å². The molecule has 0 N–H and O–H groups in total. The maximum atomic E-state index is 12.9. The van der Waals surface area contributed by atoms with Gasteiger partial charge in [-0.15, -0.1) is 13.2 Å². The summed E-state index contributed by atoms with van der Waals surface area (Å²) in [6.07, 6.45) is -15.3. The van der Waals surface area contributed by atoms with Gasteiger partial charge in [0.05, 0.1) is 33.0 Å². The molecule has 5 heterocycles. The van der Waals surface area contributed by atoms with Gasteiger partial charge in [0.15, 0.2) is 61.0 Å². The molecule has 344 valence electrons. The molecule has 15 atom stereocenters. The minimum absolute atomic E-state index is 0.0358. The van der Waals surface area contributed by atoms with Crippen LogP contribution in [0.3, 0.4) is 0 Å². The molecule has 0 aromatic rings. The quantitative estimate of drug-likeness (QED) is 0.0817. The van der Waals surface area contributed by atoms with E-state index in [0.717, 1.165) is 34.6 Å². The zero-order chi connectivity index (χ0) is 44.8. The van der Waals surface area contributed by atoms with Crippen LogP contribution in [0.25, 0.3) is 0 Å². The fourth-order valence-electron chi connectivity index (χ4n) is 7.76. The van der Waals surface area contributed by atoms with Gasteiger partial charge >= 0.3 is 29.8 Å². The second kappa shape index (κ2) is 20.7. The van der Waals surface area contributed by atoms with Crippen molar-refractivity contribution in [2.24, 2.45) is 0 Å². The Bertz CT molecular complexity index is 1580. The van der Waals surface area contributed by atoms with Gasteiger partial charge in [0.2, 0.25) is 0 Å². The van der Waals surface area contributed by atoms with Gasteiger partial charge in [0, 0.05) is 34.6 Å². The Morgan fingerprint density at radius 2 is 0.918 bits per heavy atom. The third-order valence-corrected chi connectivity index (χ3v) is 9.70. The van der Waals surface area contributed by atoms with Crippen LogP contribution >= 0.6 is 0 Å². The van der Waals surface area contributed by atoms with Crippen molar-refractivity contribution in [1.29, 1.82) is 0 Å². The van der Waals surface area contributed by atoms with Crippen LogP contribution in [-0.2, 0) is 99.8 Å². The van der Waals surface area contributed by atoms with Gasteiger partial charge in [-0.2, -0.15) is 0 Å². The second-order valence-electron chi connectivity index (χ2n) is 15.8. The first-order chi connectivity index (χ1) is 28.7. The van der Waals surface area contributed by atoms with Crippen LogP contribution in [0.15, 0.2) is 25.3 Å². The first-order valence-corrected chi connectivity index (χ1v) is 19.9. The highest BCUT2D eigenvalue weighted by Gasteiger charge is 2.62. The molecule has 0 bridgehead atoms. The highest BCUT2D eigenvalue weighted by atomic mass is 16.9. The molecule has 0 unspecified atom stereocenters. The molecular weight excluding hydrogens is 816 g/mol. The fraction of sp³-hybridized carbons (Fsp3) is 0.775. The molecule has 5 fully saturated rings. The Morgan fingerprint density at radius 3 is 1.46 bits per heavy atom. The van der Waals surface area contributed by atoms with Crippen LogP contribution in [0.2, 0.25) is 0 Å². The van der Waals surface area contributed by atoms with E-state index in [-0.39, 0.29) is 33.0 Å². The van der Waals surface area contributed by atoms with E-state index in [4.69, 9.17) is 75.8 Å². The fourth-order valence-corrected chi connectivity index (χ4v) is 7.76. The van der Waals surface area contributed by atoms with E-state index < -0.39 is 134 Å². The van der Waals surface area contributed by atoms with Gasteiger partial charge in [-0.25, -0.2) is 0 Å². The monoisotopic (exact) mass is 874 g/mol. The molecule has 61 heavy (non-hydrogen) atoms. The van der Waals surface area contributed by atoms with Crippen molar-refractivity contribution in [2.75, 3.05) is 33.0 Å². The van der Waals surface area contributed by atoms with E-state index >= 15 is 0 Å². The summed E-state index contributed by atoms with van der Waals surface area (Å²) in [6.45, 7) is 19.2. The summed E-state index contributed by atoms with van der Waals surface area (Å²) >= 11 is 0. The third-order valence-electron chi connectivity index (χ3n) is 9.70. The number of hydrogen-bond donors (Lipinski definition) is 0. The van der Waals surface area contributed by atoms with Gasteiger partial charge in [-0.05, 0) is 27.7 Å². The van der Waals surface area contributed by atoms with Gasteiger partial charge in [0.1, 0.15) is 42.7 Å². The van der Waals surface area contributed by atoms with Crippen molar-refractivity contribution in [1.82, 2.24) is 0 Å². The van der Waals surface area contributed by atoms with Crippen LogP contribution in [0.5, 0.6) is 0 Å². The number of fused-ring (bicyclic) bond motifs is 3. The zero-order valence-corrected chi connectivity index (χ0v) is 35.8. The summed E-state index contributed by atoms with van der Waals surface area (Å²) in [7, 11) is 0. The maximum absolute atomic E-state index is 12.9. The molecule has 5 rings (SSSR count). The molecule has 5 aliphatic rings. The highest BCUT2D eigenvalue weighted by molar-refractivity contribution is 5.69. The Morgan fingerprint density at radius 1 is 0.492 bits per heavy atom. The predicted molar refractivity (Wildman–Crippen MR) is 200 cm³/mol. The van der Waals surface area contributed by atoms with Crippen molar-refractivity contribution in [2.45, 2.75) is 166 Å². The second-order valence-corrected chi connectivity index (χ2v) is 15.8. The minimum atomic E-state index is -1.68. The number of hydrogen-bond acceptors (Lipinski definition) is 21. The molecular formula is C40H58O21. The summed E-state index contributed by atoms with van der Waals surface area (Å²) in [4.78, 5) is 63.1. The normalized spacial score (nSPS) is 37.3. The van der Waals surface area contributed by atoms with E-state index in [9.17, 15) is 24.0 Å². The third kappa shape index (κ3) is 12.5. The van der Waals surface area contributed by atoms with Gasteiger partial charge in [-0.1, -0.05) is 12.2 Å². The van der Waals surface area contributed by atoms with Gasteiger partial charge in [-0.3, -0.25) is 24.0 Å². The molecule has 0 saturated carbocycles. The molecule has 0 aliphatic carbocycles. The molecule has 0 amide bonds. The van der Waals surface area contributed by atoms with Crippen LogP contribution in [0.1, 0.15) is 62.3 Å². The lowest BCUT2D eigenvalue weighted by Gasteiger charge is -2.49. The number of esters is 5. The van der Waals surface area contributed by atoms with Crippen molar-refractivity contribution in [3.63, 3.8) is 0 Å². The lowest BCUT2D eigenvalue weighted by molar-refractivity contribution is -0.364. The van der Waals surface area contributed by atoms with Crippen LogP contribution < -0.4 is 0 Å². The molecule has 0 radical (unpaired) electrons. The lowest BCUT2D eigenvalue weighted by Crippen LogP contribution is -2.67. The molecule has 21 nitrogen and oxygen atoms in total. The Hall–Kier alpha value is -3.61. The first kappa shape index (κ1) is 48.4. The van der Waals surface area contributed by atoms with E-state index in [2.05, 4.69) is 13.2 Å². The predicted octanol–water partition coefficient (Wildman–Crippen LogP) is 1.30. The minimum Gasteiger partial charge on any atom is -0.456 e. The Balaban J connectivity index is 1.50. The summed E-state index contributed by atoms with van der Waals surface area (Å²) in [6, 6.07) is 0. The number of carbonyl (C=O) groups excluding carboxylic acids is 5. The summed E-state index contributed by atoms with van der Waals surface area (Å²) in [5, 5.41) is 0. The molecule has 0 aromatic heterocycles. The number of rotatable bonds is 18. The van der Waals surface area contributed by atoms with Crippen LogP contribution in [0.4, 0.5) is 0 Å². The smallest absolute Gasteiger partial charge is 0.303 e. The van der Waals surface area contributed by atoms with Gasteiger partial charge < -0.3 is 75.8 Å². The molecule has 21 heteroatoms. The van der Waals surface area contributed by atoms with E-state index in [1.165, 1.54) is 12.2 Å². The van der Waals surface area contributed by atoms with E-state index in [0.29, 0.717) is 0 Å². The highest BCUT2D eigenvalue weighted by Crippen LogP contribution is 2.45. The van der Waals surface area contributed by atoms with Gasteiger partial charge in [0.25, 0.3) is 0 Å². The zero-order valence-electron chi connectivity index (χ0n) is 35.8. The first-order valence-electron chi connectivity index (χ1n) is 19.9. The largest absolute Gasteiger partial charge is 0.456 e. The molecule has 5 aliphatic heterocycles. The van der Waals surface area contributed by atoms with Crippen LogP contribution in [-0.4, -0.2) is 167 Å². The molecule has 0 spiro atoms. The van der Waals surface area contributed by atoms with Crippen molar-refractivity contribution >= 4 is 29.8 Å². The summed E-state index contributed by atoms with van der Waals surface area (Å²) < 4.78 is 96.4. The van der Waals surface area contributed by atoms with Crippen molar-refractivity contribution < 1.29 is 99.8 Å². The average Bonchev–Trinajstić information content (AvgIpc) is 3.65. The molecule has 0 aromatic carbocycles. The lowest BCUT2D eigenvalue weighted by atomic mass is 9.95. The van der Waals surface area contributed by atoms with E-state index in [1.54, 1.807) is 27.7 Å². The maximum Gasteiger partial charge on any atom is 0.303 e. The number of ether oxygens (including phenoxy) is 16. The SMILES string of the molecule is C=CCOC[C@H]1O[C@H](O[C@H]2[C@H](OC(C)=O)[C@@H](OC(C)=O)[C@H](OC[C@H]3O[C@@H]4OC(C)(C)O[C@@H]4[C@H]4OC(C)(C)O[C@H]43)O[C@@H]2COCC=C)[C@H](OC(C)=O)[C@@H](OC(C)=O)[C@@H]1OC(C)=O. The van der Waals surface area contributed by atoms with E-state index in [1.807, 2.05) is 0 Å². The number of carbonyl (C=O) groups is 5. The topological polar surface area (TPSA) is 233 Å². The van der Waals surface area contributed by atoms with Crippen LogP contribution in [0, 0.1) is 0 Å².